The molecule has 0 radical (unpaired) electrons. The monoisotopic (exact) mass is 263 g/mol. The summed E-state index contributed by atoms with van der Waals surface area (Å²) < 4.78 is 13.0. The van der Waals surface area contributed by atoms with E-state index in [1.165, 1.54) is 31.2 Å². The van der Waals surface area contributed by atoms with Gasteiger partial charge in [0.05, 0.1) is 0 Å². The molecule has 0 spiro atoms. The molecule has 1 aliphatic rings. The first-order chi connectivity index (χ1) is 9.06. The highest BCUT2D eigenvalue weighted by molar-refractivity contribution is 5.22. The van der Waals surface area contributed by atoms with E-state index in [9.17, 15) is 4.39 Å². The van der Waals surface area contributed by atoms with Crippen molar-refractivity contribution in [1.82, 2.24) is 5.32 Å². The molecule has 1 aromatic carbocycles. The second kappa shape index (κ2) is 6.51. The molecule has 1 aromatic rings. The summed E-state index contributed by atoms with van der Waals surface area (Å²) in [6, 6.07) is 7.94. The second-order valence-corrected chi connectivity index (χ2v) is 6.41. The van der Waals surface area contributed by atoms with Gasteiger partial charge in [0.15, 0.2) is 0 Å². The Morgan fingerprint density at radius 3 is 2.26 bits per heavy atom. The highest BCUT2D eigenvalue weighted by Gasteiger charge is 2.32. The predicted molar refractivity (Wildman–Crippen MR) is 78.5 cm³/mol. The van der Waals surface area contributed by atoms with Crippen LogP contribution in [0.1, 0.15) is 58.1 Å². The maximum atomic E-state index is 13.0. The number of rotatable bonds is 7. The topological polar surface area (TPSA) is 12.0 Å². The summed E-state index contributed by atoms with van der Waals surface area (Å²) in [4.78, 5) is 0. The first kappa shape index (κ1) is 14.5. The molecule has 0 aliphatic heterocycles. The van der Waals surface area contributed by atoms with Crippen LogP contribution in [-0.2, 0) is 0 Å². The van der Waals surface area contributed by atoms with Crippen LogP contribution in [0.3, 0.4) is 0 Å². The van der Waals surface area contributed by atoms with Crippen LogP contribution >= 0.6 is 0 Å². The molecule has 0 aromatic heterocycles. The van der Waals surface area contributed by atoms with Crippen LogP contribution in [0.5, 0.6) is 0 Å². The van der Waals surface area contributed by atoms with Crippen LogP contribution in [-0.4, -0.2) is 6.04 Å². The van der Waals surface area contributed by atoms with Gasteiger partial charge in [-0.15, -0.1) is 0 Å². The van der Waals surface area contributed by atoms with Gasteiger partial charge in [-0.2, -0.15) is 0 Å². The van der Waals surface area contributed by atoms with E-state index in [2.05, 4.69) is 26.1 Å². The molecule has 1 aliphatic carbocycles. The Kier molecular flexibility index (Phi) is 4.98. The molecule has 106 valence electrons. The molecule has 1 N–H and O–H groups in total. The average molecular weight is 263 g/mol. The minimum Gasteiger partial charge on any atom is -0.307 e. The van der Waals surface area contributed by atoms with Crippen molar-refractivity contribution < 1.29 is 4.39 Å². The summed E-state index contributed by atoms with van der Waals surface area (Å²) in [5.41, 5.74) is 1.24. The van der Waals surface area contributed by atoms with Crippen LogP contribution in [0.2, 0.25) is 0 Å². The Hall–Kier alpha value is -0.890. The normalized spacial score (nSPS) is 18.6. The molecule has 0 bridgehead atoms. The zero-order valence-electron chi connectivity index (χ0n) is 12.3. The van der Waals surface area contributed by atoms with E-state index in [4.69, 9.17) is 0 Å². The number of benzene rings is 1. The van der Waals surface area contributed by atoms with E-state index in [-0.39, 0.29) is 5.82 Å². The van der Waals surface area contributed by atoms with E-state index in [1.54, 1.807) is 12.1 Å². The maximum Gasteiger partial charge on any atom is 0.123 e. The largest absolute Gasteiger partial charge is 0.307 e. The SMILES string of the molecule is CC(C)CCC(C)NC(c1ccc(F)cc1)C1CC1. The molecule has 1 nitrogen and oxygen atoms in total. The van der Waals surface area contributed by atoms with E-state index in [0.717, 1.165) is 11.8 Å². The number of nitrogens with one attached hydrogen (secondary N) is 1. The van der Waals surface area contributed by atoms with Crippen molar-refractivity contribution in [3.05, 3.63) is 35.6 Å². The van der Waals surface area contributed by atoms with Crippen LogP contribution in [0.25, 0.3) is 0 Å². The molecule has 2 unspecified atom stereocenters. The third-order valence-corrected chi connectivity index (χ3v) is 3.96. The molecule has 19 heavy (non-hydrogen) atoms. The third kappa shape index (κ3) is 4.61. The van der Waals surface area contributed by atoms with Crippen molar-refractivity contribution in [2.75, 3.05) is 0 Å². The van der Waals surface area contributed by atoms with Gasteiger partial charge in [-0.25, -0.2) is 4.39 Å². The van der Waals surface area contributed by atoms with Crippen molar-refractivity contribution in [2.45, 2.75) is 58.5 Å². The number of hydrogen-bond donors (Lipinski definition) is 1. The fourth-order valence-electron chi connectivity index (χ4n) is 2.58. The molecule has 0 saturated heterocycles. The van der Waals surface area contributed by atoms with Gasteiger partial charge >= 0.3 is 0 Å². The Morgan fingerprint density at radius 2 is 1.74 bits per heavy atom. The molecule has 2 rings (SSSR count). The molecular formula is C17H26FN. The lowest BCUT2D eigenvalue weighted by Crippen LogP contribution is -2.32. The first-order valence-electron chi connectivity index (χ1n) is 7.57. The van der Waals surface area contributed by atoms with E-state index in [1.807, 2.05) is 12.1 Å². The Morgan fingerprint density at radius 1 is 1.11 bits per heavy atom. The summed E-state index contributed by atoms with van der Waals surface area (Å²) >= 11 is 0. The Bertz CT molecular complexity index is 381. The molecule has 0 heterocycles. The minimum atomic E-state index is -0.147. The quantitative estimate of drug-likeness (QED) is 0.752. The molecule has 2 atom stereocenters. The van der Waals surface area contributed by atoms with Gasteiger partial charge in [-0.05, 0) is 62.1 Å². The van der Waals surface area contributed by atoms with Gasteiger partial charge in [0.2, 0.25) is 0 Å². The van der Waals surface area contributed by atoms with Crippen LogP contribution < -0.4 is 5.32 Å². The van der Waals surface area contributed by atoms with Crippen molar-refractivity contribution in [3.8, 4) is 0 Å². The van der Waals surface area contributed by atoms with Gasteiger partial charge in [0, 0.05) is 12.1 Å². The van der Waals surface area contributed by atoms with Crippen LogP contribution in [0.4, 0.5) is 4.39 Å². The summed E-state index contributed by atoms with van der Waals surface area (Å²) in [6.45, 7) is 6.80. The fourth-order valence-corrected chi connectivity index (χ4v) is 2.58. The third-order valence-electron chi connectivity index (χ3n) is 3.96. The zero-order valence-corrected chi connectivity index (χ0v) is 12.3. The van der Waals surface area contributed by atoms with E-state index < -0.39 is 0 Å². The van der Waals surface area contributed by atoms with Crippen molar-refractivity contribution in [2.24, 2.45) is 11.8 Å². The first-order valence-corrected chi connectivity index (χ1v) is 7.57. The molecular weight excluding hydrogens is 237 g/mol. The minimum absolute atomic E-state index is 0.147. The van der Waals surface area contributed by atoms with Crippen molar-refractivity contribution in [3.63, 3.8) is 0 Å². The van der Waals surface area contributed by atoms with Crippen LogP contribution in [0.15, 0.2) is 24.3 Å². The second-order valence-electron chi connectivity index (χ2n) is 6.41. The number of hydrogen-bond acceptors (Lipinski definition) is 1. The van der Waals surface area contributed by atoms with Gasteiger partial charge in [0.1, 0.15) is 5.82 Å². The lowest BCUT2D eigenvalue weighted by Gasteiger charge is -2.24. The maximum absolute atomic E-state index is 13.0. The predicted octanol–water partition coefficient (Wildman–Crippen LogP) is 4.69. The van der Waals surface area contributed by atoms with E-state index in [0.29, 0.717) is 12.1 Å². The Balaban J connectivity index is 1.94. The average Bonchev–Trinajstić information content (AvgIpc) is 3.19. The zero-order chi connectivity index (χ0) is 13.8. The lowest BCUT2D eigenvalue weighted by molar-refractivity contribution is 0.380. The molecule has 0 amide bonds. The van der Waals surface area contributed by atoms with Crippen LogP contribution in [0, 0.1) is 17.7 Å². The Labute approximate surface area is 116 Å². The van der Waals surface area contributed by atoms with Gasteiger partial charge in [-0.1, -0.05) is 26.0 Å². The molecule has 1 saturated carbocycles. The fraction of sp³-hybridized carbons (Fsp3) is 0.647. The highest BCUT2D eigenvalue weighted by atomic mass is 19.1. The van der Waals surface area contributed by atoms with Gasteiger partial charge in [-0.3, -0.25) is 0 Å². The highest BCUT2D eigenvalue weighted by Crippen LogP contribution is 2.41. The number of halogens is 1. The summed E-state index contributed by atoms with van der Waals surface area (Å²) in [5, 5.41) is 3.75. The smallest absolute Gasteiger partial charge is 0.123 e. The van der Waals surface area contributed by atoms with Crippen molar-refractivity contribution >= 4 is 0 Å². The summed E-state index contributed by atoms with van der Waals surface area (Å²) in [5.74, 6) is 1.35. The standard InChI is InChI=1S/C17H26FN/c1-12(2)4-5-13(3)19-17(14-6-7-14)15-8-10-16(18)11-9-15/h8-14,17,19H,4-7H2,1-3H3. The molecule has 1 fully saturated rings. The van der Waals surface area contributed by atoms with E-state index >= 15 is 0 Å². The molecule has 2 heteroatoms. The summed E-state index contributed by atoms with van der Waals surface area (Å²) in [6.07, 6.45) is 5.06. The summed E-state index contributed by atoms with van der Waals surface area (Å²) in [7, 11) is 0. The van der Waals surface area contributed by atoms with Gasteiger partial charge in [0.25, 0.3) is 0 Å². The van der Waals surface area contributed by atoms with Gasteiger partial charge < -0.3 is 5.32 Å². The lowest BCUT2D eigenvalue weighted by atomic mass is 9.99. The van der Waals surface area contributed by atoms with Crippen molar-refractivity contribution in [1.29, 1.82) is 0 Å².